The molecule has 0 fully saturated rings. The summed E-state index contributed by atoms with van der Waals surface area (Å²) < 4.78 is 11.8. The molecular weight excluding hydrogens is 368 g/mol. The van der Waals surface area contributed by atoms with Crippen LogP contribution in [-0.2, 0) is 0 Å². The van der Waals surface area contributed by atoms with Crippen LogP contribution >= 0.6 is 0 Å². The van der Waals surface area contributed by atoms with Crippen LogP contribution in [0.25, 0.3) is 28.3 Å². The van der Waals surface area contributed by atoms with Gasteiger partial charge in [-0.2, -0.15) is 0 Å². The summed E-state index contributed by atoms with van der Waals surface area (Å²) in [6.45, 7) is 12.5. The molecule has 0 aliphatic rings. The van der Waals surface area contributed by atoms with Gasteiger partial charge in [-0.15, -0.1) is 0 Å². The van der Waals surface area contributed by atoms with Crippen molar-refractivity contribution in [2.24, 2.45) is 0 Å². The molecule has 3 aromatic carbocycles. The first-order valence-corrected chi connectivity index (χ1v) is 10.8. The van der Waals surface area contributed by atoms with Crippen LogP contribution in [0.15, 0.2) is 73.3 Å². The Labute approximate surface area is 181 Å². The fraction of sp³-hybridized carbons (Fsp3) is 0.286. The SMILES string of the molecule is C=Cc1cc(-c2ccc(O[C@H](C)CC)cc2)ccc1-c1ccc(O[C@@H](C)CC)cc1. The Hall–Kier alpha value is -3.00. The Morgan fingerprint density at radius 3 is 1.63 bits per heavy atom. The minimum absolute atomic E-state index is 0.223. The first-order valence-electron chi connectivity index (χ1n) is 10.8. The van der Waals surface area contributed by atoms with Gasteiger partial charge in [-0.3, -0.25) is 0 Å². The maximum atomic E-state index is 5.90. The molecule has 30 heavy (non-hydrogen) atoms. The van der Waals surface area contributed by atoms with Crippen LogP contribution in [-0.4, -0.2) is 12.2 Å². The van der Waals surface area contributed by atoms with Gasteiger partial charge in [-0.1, -0.05) is 62.9 Å². The summed E-state index contributed by atoms with van der Waals surface area (Å²) in [6.07, 6.45) is 4.36. The largest absolute Gasteiger partial charge is 0.491 e. The molecule has 3 rings (SSSR count). The second-order valence-electron chi connectivity index (χ2n) is 7.73. The van der Waals surface area contributed by atoms with E-state index >= 15 is 0 Å². The second kappa shape index (κ2) is 10.2. The topological polar surface area (TPSA) is 18.5 Å². The Balaban J connectivity index is 1.82. The molecule has 2 nitrogen and oxygen atoms in total. The summed E-state index contributed by atoms with van der Waals surface area (Å²) in [5, 5.41) is 0. The van der Waals surface area contributed by atoms with Gasteiger partial charge in [0.2, 0.25) is 0 Å². The highest BCUT2D eigenvalue weighted by atomic mass is 16.5. The van der Waals surface area contributed by atoms with Gasteiger partial charge in [-0.25, -0.2) is 0 Å². The molecule has 0 unspecified atom stereocenters. The monoisotopic (exact) mass is 400 g/mol. The zero-order valence-electron chi connectivity index (χ0n) is 18.5. The van der Waals surface area contributed by atoms with Crippen molar-refractivity contribution in [3.8, 4) is 33.8 Å². The lowest BCUT2D eigenvalue weighted by atomic mass is 9.95. The maximum Gasteiger partial charge on any atom is 0.119 e. The second-order valence-corrected chi connectivity index (χ2v) is 7.73. The highest BCUT2D eigenvalue weighted by molar-refractivity contribution is 5.79. The van der Waals surface area contributed by atoms with E-state index in [4.69, 9.17) is 9.47 Å². The predicted octanol–water partition coefficient (Wildman–Crippen LogP) is 8.02. The smallest absolute Gasteiger partial charge is 0.119 e. The molecule has 156 valence electrons. The van der Waals surface area contributed by atoms with Gasteiger partial charge in [0.15, 0.2) is 0 Å². The van der Waals surface area contributed by atoms with Crippen molar-refractivity contribution in [3.05, 3.63) is 78.9 Å². The van der Waals surface area contributed by atoms with Crippen molar-refractivity contribution < 1.29 is 9.47 Å². The number of ether oxygens (including phenoxy) is 2. The molecule has 0 amide bonds. The summed E-state index contributed by atoms with van der Waals surface area (Å²) in [6, 6.07) is 23.1. The highest BCUT2D eigenvalue weighted by Gasteiger charge is 2.08. The zero-order valence-corrected chi connectivity index (χ0v) is 18.5. The summed E-state index contributed by atoms with van der Waals surface area (Å²) >= 11 is 0. The van der Waals surface area contributed by atoms with E-state index in [0.717, 1.165) is 35.5 Å². The first-order chi connectivity index (χ1) is 14.5. The Morgan fingerprint density at radius 1 is 0.700 bits per heavy atom. The summed E-state index contributed by atoms with van der Waals surface area (Å²) in [4.78, 5) is 0. The molecule has 2 atom stereocenters. The Morgan fingerprint density at radius 2 is 1.17 bits per heavy atom. The standard InChI is InChI=1S/C28H32O2/c1-6-20(4)29-26-14-9-23(10-15-26)25-13-18-28(22(8-3)19-25)24-11-16-27(17-12-24)30-21(5)7-2/h8-21H,3,6-7H2,1-2,4-5H3/t20-,21+/m1/s1. The van der Waals surface area contributed by atoms with E-state index in [-0.39, 0.29) is 12.2 Å². The lowest BCUT2D eigenvalue weighted by Crippen LogP contribution is -2.09. The quantitative estimate of drug-likeness (QED) is 0.362. The van der Waals surface area contributed by atoms with Crippen molar-refractivity contribution in [2.45, 2.75) is 52.7 Å². The Bertz CT molecular complexity index is 955. The van der Waals surface area contributed by atoms with E-state index in [1.165, 1.54) is 16.7 Å². The lowest BCUT2D eigenvalue weighted by Gasteiger charge is -2.14. The van der Waals surface area contributed by atoms with Crippen LogP contribution < -0.4 is 9.47 Å². The summed E-state index contributed by atoms with van der Waals surface area (Å²) in [5.74, 6) is 1.82. The highest BCUT2D eigenvalue weighted by Crippen LogP contribution is 2.31. The zero-order chi connectivity index (χ0) is 21.5. The van der Waals surface area contributed by atoms with Gasteiger partial charge in [0.05, 0.1) is 12.2 Å². The van der Waals surface area contributed by atoms with Crippen molar-refractivity contribution in [1.82, 2.24) is 0 Å². The molecule has 0 aromatic heterocycles. The molecule has 0 heterocycles. The molecule has 2 heteroatoms. The van der Waals surface area contributed by atoms with Crippen molar-refractivity contribution in [2.75, 3.05) is 0 Å². The van der Waals surface area contributed by atoms with Crippen LogP contribution in [0.2, 0.25) is 0 Å². The predicted molar refractivity (Wildman–Crippen MR) is 128 cm³/mol. The normalized spacial score (nSPS) is 12.8. The van der Waals surface area contributed by atoms with E-state index in [0.29, 0.717) is 0 Å². The molecule has 0 N–H and O–H groups in total. The molecule has 0 saturated heterocycles. The van der Waals surface area contributed by atoms with Crippen LogP contribution in [0.4, 0.5) is 0 Å². The van der Waals surface area contributed by atoms with E-state index in [1.54, 1.807) is 0 Å². The van der Waals surface area contributed by atoms with Crippen molar-refractivity contribution in [3.63, 3.8) is 0 Å². The molecule has 3 aromatic rings. The number of hydrogen-bond acceptors (Lipinski definition) is 2. The van der Waals surface area contributed by atoms with Gasteiger partial charge >= 0.3 is 0 Å². The third-order valence-corrected chi connectivity index (χ3v) is 5.45. The molecule has 0 saturated carbocycles. The van der Waals surface area contributed by atoms with Gasteiger partial charge in [0.25, 0.3) is 0 Å². The number of hydrogen-bond donors (Lipinski definition) is 0. The fourth-order valence-corrected chi connectivity index (χ4v) is 3.24. The van der Waals surface area contributed by atoms with E-state index in [2.05, 4.69) is 76.7 Å². The van der Waals surface area contributed by atoms with Crippen LogP contribution in [0, 0.1) is 0 Å². The number of rotatable bonds is 9. The van der Waals surface area contributed by atoms with Gasteiger partial charge in [0.1, 0.15) is 11.5 Å². The molecular formula is C28H32O2. The van der Waals surface area contributed by atoms with Crippen LogP contribution in [0.3, 0.4) is 0 Å². The van der Waals surface area contributed by atoms with Crippen molar-refractivity contribution in [1.29, 1.82) is 0 Å². The average molecular weight is 401 g/mol. The molecule has 0 aliphatic carbocycles. The molecule has 0 aliphatic heterocycles. The minimum atomic E-state index is 0.223. The van der Waals surface area contributed by atoms with Crippen molar-refractivity contribution >= 4 is 6.08 Å². The first kappa shape index (κ1) is 21.7. The van der Waals surface area contributed by atoms with E-state index < -0.39 is 0 Å². The third-order valence-electron chi connectivity index (χ3n) is 5.45. The lowest BCUT2D eigenvalue weighted by molar-refractivity contribution is 0.217. The number of benzene rings is 3. The molecule has 0 bridgehead atoms. The Kier molecular flexibility index (Phi) is 7.35. The van der Waals surface area contributed by atoms with Gasteiger partial charge in [0, 0.05) is 0 Å². The summed E-state index contributed by atoms with van der Waals surface area (Å²) in [7, 11) is 0. The van der Waals surface area contributed by atoms with E-state index in [1.807, 2.05) is 30.3 Å². The van der Waals surface area contributed by atoms with Crippen LogP contribution in [0.5, 0.6) is 11.5 Å². The average Bonchev–Trinajstić information content (AvgIpc) is 2.79. The maximum absolute atomic E-state index is 5.90. The van der Waals surface area contributed by atoms with Gasteiger partial charge in [-0.05, 0) is 84.8 Å². The molecule has 0 spiro atoms. The van der Waals surface area contributed by atoms with Crippen LogP contribution in [0.1, 0.15) is 46.1 Å². The van der Waals surface area contributed by atoms with Gasteiger partial charge < -0.3 is 9.47 Å². The molecule has 0 radical (unpaired) electrons. The summed E-state index contributed by atoms with van der Waals surface area (Å²) in [5.41, 5.74) is 5.77. The minimum Gasteiger partial charge on any atom is -0.491 e. The fourth-order valence-electron chi connectivity index (χ4n) is 3.24. The van der Waals surface area contributed by atoms with E-state index in [9.17, 15) is 0 Å². The third kappa shape index (κ3) is 5.33.